The molecule has 0 saturated carbocycles. The second-order valence-corrected chi connectivity index (χ2v) is 6.10. The Morgan fingerprint density at radius 3 is 2.95 bits per heavy atom. The quantitative estimate of drug-likeness (QED) is 0.558. The highest BCUT2D eigenvalue weighted by atomic mass is 32.2. The van der Waals surface area contributed by atoms with Crippen LogP contribution in [0.5, 0.6) is 0 Å². The molecule has 0 radical (unpaired) electrons. The van der Waals surface area contributed by atoms with Crippen molar-refractivity contribution >= 4 is 17.7 Å². The Hall–Kier alpha value is -1.08. The molecule has 0 amide bonds. The molecule has 0 fully saturated rings. The van der Waals surface area contributed by atoms with Gasteiger partial charge >= 0.3 is 5.97 Å². The monoisotopic (exact) mass is 286 g/mol. The number of nitrogens with zero attached hydrogens (tertiary/aromatic N) is 2. The van der Waals surface area contributed by atoms with Crippen molar-refractivity contribution in [3.05, 3.63) is 6.33 Å². The Morgan fingerprint density at radius 1 is 1.68 bits per heavy atom. The van der Waals surface area contributed by atoms with Gasteiger partial charge in [-0.3, -0.25) is 9.89 Å². The van der Waals surface area contributed by atoms with Crippen LogP contribution in [0, 0.1) is 0 Å². The Morgan fingerprint density at radius 2 is 2.42 bits per heavy atom. The zero-order chi connectivity index (χ0) is 14.3. The molecule has 2 unspecified atom stereocenters. The van der Waals surface area contributed by atoms with Gasteiger partial charge in [0.15, 0.2) is 5.16 Å². The Bertz CT molecular complexity index is 385. The smallest absolute Gasteiger partial charge is 0.325 e. The molecule has 2 atom stereocenters. The summed E-state index contributed by atoms with van der Waals surface area (Å²) in [4.78, 5) is 16.0. The van der Waals surface area contributed by atoms with Gasteiger partial charge in [-0.1, -0.05) is 25.6 Å². The van der Waals surface area contributed by atoms with Crippen molar-refractivity contribution in [1.82, 2.24) is 20.5 Å². The predicted octanol–water partition coefficient (Wildman–Crippen LogP) is 1.61. The average Bonchev–Trinajstić information content (AvgIpc) is 2.87. The third-order valence-electron chi connectivity index (χ3n) is 2.80. The third-order valence-corrected chi connectivity index (χ3v) is 3.79. The molecule has 19 heavy (non-hydrogen) atoms. The summed E-state index contributed by atoms with van der Waals surface area (Å²) in [6.45, 7) is 6.79. The van der Waals surface area contributed by atoms with E-state index in [1.165, 1.54) is 13.4 Å². The molecule has 1 heterocycles. The Balaban J connectivity index is 2.62. The van der Waals surface area contributed by atoms with E-state index in [0.717, 1.165) is 18.1 Å². The van der Waals surface area contributed by atoms with Crippen molar-refractivity contribution in [1.29, 1.82) is 0 Å². The fourth-order valence-corrected chi connectivity index (χ4v) is 2.92. The summed E-state index contributed by atoms with van der Waals surface area (Å²) in [5.41, 5.74) is -0.669. The van der Waals surface area contributed by atoms with Crippen LogP contribution in [0.15, 0.2) is 11.5 Å². The number of H-pyrrole nitrogens is 1. The normalized spacial score (nSPS) is 15.8. The summed E-state index contributed by atoms with van der Waals surface area (Å²) < 4.78 is 4.90. The number of hydrogen-bond donors (Lipinski definition) is 2. The lowest BCUT2D eigenvalue weighted by Crippen LogP contribution is -2.51. The lowest BCUT2D eigenvalue weighted by Gasteiger charge is -2.30. The topological polar surface area (TPSA) is 79.9 Å². The van der Waals surface area contributed by atoms with Gasteiger partial charge in [-0.05, 0) is 26.3 Å². The van der Waals surface area contributed by atoms with E-state index in [2.05, 4.69) is 34.3 Å². The minimum atomic E-state index is -0.669. The summed E-state index contributed by atoms with van der Waals surface area (Å²) in [5.74, 6) is -0.231. The van der Waals surface area contributed by atoms with Gasteiger partial charge in [0.25, 0.3) is 0 Å². The standard InChI is InChI=1S/C12H22N4O2S/c1-5-6-14-12(3,10(17)18-4)7-9(2)19-11-13-8-15-16-11/h8-9,14H,5-7H2,1-4H3,(H,13,15,16). The first-order chi connectivity index (χ1) is 9.01. The van der Waals surface area contributed by atoms with Gasteiger partial charge in [-0.15, -0.1) is 0 Å². The van der Waals surface area contributed by atoms with E-state index in [1.54, 1.807) is 11.8 Å². The third kappa shape index (κ3) is 4.83. The molecular formula is C12H22N4O2S. The van der Waals surface area contributed by atoms with Crippen LogP contribution in [0.3, 0.4) is 0 Å². The first-order valence-electron chi connectivity index (χ1n) is 6.37. The average molecular weight is 286 g/mol. The van der Waals surface area contributed by atoms with Crippen LogP contribution in [-0.4, -0.2) is 45.6 Å². The number of hydrogen-bond acceptors (Lipinski definition) is 6. The zero-order valence-corrected chi connectivity index (χ0v) is 12.7. The Labute approximate surface area is 118 Å². The fraction of sp³-hybridized carbons (Fsp3) is 0.750. The van der Waals surface area contributed by atoms with E-state index in [-0.39, 0.29) is 11.2 Å². The summed E-state index contributed by atoms with van der Waals surface area (Å²) in [6.07, 6.45) is 3.10. The molecule has 7 heteroatoms. The van der Waals surface area contributed by atoms with Crippen molar-refractivity contribution in [3.63, 3.8) is 0 Å². The van der Waals surface area contributed by atoms with Crippen LogP contribution in [0.1, 0.15) is 33.6 Å². The Kier molecular flexibility index (Phi) is 6.30. The first-order valence-corrected chi connectivity index (χ1v) is 7.25. The maximum Gasteiger partial charge on any atom is 0.325 e. The van der Waals surface area contributed by atoms with E-state index in [0.29, 0.717) is 6.42 Å². The number of esters is 1. The van der Waals surface area contributed by atoms with Crippen LogP contribution >= 0.6 is 11.8 Å². The molecule has 108 valence electrons. The van der Waals surface area contributed by atoms with Crippen LogP contribution in [0.4, 0.5) is 0 Å². The van der Waals surface area contributed by atoms with Crippen LogP contribution in [0.25, 0.3) is 0 Å². The number of rotatable bonds is 8. The fourth-order valence-electron chi connectivity index (χ4n) is 1.91. The van der Waals surface area contributed by atoms with Crippen molar-refractivity contribution in [2.45, 2.75) is 49.6 Å². The maximum atomic E-state index is 11.9. The van der Waals surface area contributed by atoms with E-state index in [1.807, 2.05) is 6.92 Å². The number of ether oxygens (including phenoxy) is 1. The van der Waals surface area contributed by atoms with Gasteiger partial charge in [0.2, 0.25) is 0 Å². The van der Waals surface area contributed by atoms with Crippen LogP contribution < -0.4 is 5.32 Å². The summed E-state index contributed by atoms with van der Waals surface area (Å²) in [5, 5.41) is 10.9. The molecule has 1 rings (SSSR count). The van der Waals surface area contributed by atoms with E-state index < -0.39 is 5.54 Å². The summed E-state index contributed by atoms with van der Waals surface area (Å²) in [6, 6.07) is 0. The zero-order valence-electron chi connectivity index (χ0n) is 11.9. The lowest BCUT2D eigenvalue weighted by molar-refractivity contribution is -0.148. The van der Waals surface area contributed by atoms with Crippen LogP contribution in [-0.2, 0) is 9.53 Å². The van der Waals surface area contributed by atoms with E-state index in [9.17, 15) is 4.79 Å². The van der Waals surface area contributed by atoms with Gasteiger partial charge < -0.3 is 10.1 Å². The molecule has 1 aromatic rings. The number of aromatic nitrogens is 3. The summed E-state index contributed by atoms with van der Waals surface area (Å²) >= 11 is 1.56. The van der Waals surface area contributed by atoms with Gasteiger partial charge in [-0.25, -0.2) is 4.98 Å². The molecule has 0 aliphatic heterocycles. The van der Waals surface area contributed by atoms with Gasteiger partial charge in [-0.2, -0.15) is 5.10 Å². The van der Waals surface area contributed by atoms with Gasteiger partial charge in [0, 0.05) is 5.25 Å². The van der Waals surface area contributed by atoms with Crippen LogP contribution in [0.2, 0.25) is 0 Å². The highest BCUT2D eigenvalue weighted by Crippen LogP contribution is 2.26. The predicted molar refractivity (Wildman–Crippen MR) is 75.0 cm³/mol. The van der Waals surface area contributed by atoms with Crippen molar-refractivity contribution in [3.8, 4) is 0 Å². The molecule has 0 bridgehead atoms. The molecule has 0 aromatic carbocycles. The maximum absolute atomic E-state index is 11.9. The van der Waals surface area contributed by atoms with Crippen molar-refractivity contribution in [2.24, 2.45) is 0 Å². The van der Waals surface area contributed by atoms with Crippen molar-refractivity contribution in [2.75, 3.05) is 13.7 Å². The second kappa shape index (κ2) is 7.49. The molecule has 6 nitrogen and oxygen atoms in total. The molecule has 0 spiro atoms. The van der Waals surface area contributed by atoms with Gasteiger partial charge in [0.1, 0.15) is 11.9 Å². The number of nitrogens with one attached hydrogen (secondary N) is 2. The minimum Gasteiger partial charge on any atom is -0.468 e. The summed E-state index contributed by atoms with van der Waals surface area (Å²) in [7, 11) is 1.42. The molecule has 0 aliphatic carbocycles. The number of methoxy groups -OCH3 is 1. The molecule has 0 saturated heterocycles. The molecular weight excluding hydrogens is 264 g/mol. The SMILES string of the molecule is CCCNC(C)(CC(C)Sc1ncn[nH]1)C(=O)OC. The van der Waals surface area contributed by atoms with Crippen molar-refractivity contribution < 1.29 is 9.53 Å². The van der Waals surface area contributed by atoms with E-state index >= 15 is 0 Å². The second-order valence-electron chi connectivity index (χ2n) is 4.67. The van der Waals surface area contributed by atoms with Gasteiger partial charge in [0.05, 0.1) is 7.11 Å². The lowest BCUT2D eigenvalue weighted by atomic mass is 9.96. The first kappa shape index (κ1) is 16.0. The number of thioether (sulfide) groups is 1. The number of carbonyl (C=O) groups excluding carboxylic acids is 1. The highest BCUT2D eigenvalue weighted by molar-refractivity contribution is 7.99. The minimum absolute atomic E-state index is 0.210. The molecule has 2 N–H and O–H groups in total. The molecule has 0 aliphatic rings. The number of aromatic amines is 1. The van der Waals surface area contributed by atoms with E-state index in [4.69, 9.17) is 4.74 Å². The number of carbonyl (C=O) groups is 1. The highest BCUT2D eigenvalue weighted by Gasteiger charge is 2.35. The molecule has 1 aromatic heterocycles. The largest absolute Gasteiger partial charge is 0.468 e.